The SMILES string of the molecule is CSc1ccccc1CN1CCOCC1CO. The number of thioether (sulfide) groups is 1. The van der Waals surface area contributed by atoms with E-state index < -0.39 is 0 Å². The quantitative estimate of drug-likeness (QED) is 0.826. The van der Waals surface area contributed by atoms with Crippen molar-refractivity contribution in [1.82, 2.24) is 4.90 Å². The predicted molar refractivity (Wildman–Crippen MR) is 70.3 cm³/mol. The molecular formula is C13H19NO2S. The zero-order valence-electron chi connectivity index (χ0n) is 10.1. The predicted octanol–water partition coefficient (Wildman–Crippen LogP) is 1.60. The summed E-state index contributed by atoms with van der Waals surface area (Å²) < 4.78 is 5.39. The molecule has 1 N–H and O–H groups in total. The molecular weight excluding hydrogens is 234 g/mol. The van der Waals surface area contributed by atoms with Crippen LogP contribution in [0.5, 0.6) is 0 Å². The molecule has 0 aliphatic carbocycles. The van der Waals surface area contributed by atoms with Crippen LogP contribution in [0.1, 0.15) is 5.56 Å². The van der Waals surface area contributed by atoms with Crippen LogP contribution in [-0.2, 0) is 11.3 Å². The van der Waals surface area contributed by atoms with Crippen molar-refractivity contribution in [3.8, 4) is 0 Å². The average molecular weight is 253 g/mol. The maximum absolute atomic E-state index is 9.34. The van der Waals surface area contributed by atoms with Crippen LogP contribution in [0.25, 0.3) is 0 Å². The third kappa shape index (κ3) is 3.22. The molecule has 1 unspecified atom stereocenters. The number of morpholine rings is 1. The number of benzene rings is 1. The van der Waals surface area contributed by atoms with Gasteiger partial charge in [-0.15, -0.1) is 11.8 Å². The molecule has 0 spiro atoms. The van der Waals surface area contributed by atoms with Gasteiger partial charge in [-0.3, -0.25) is 4.90 Å². The lowest BCUT2D eigenvalue weighted by Crippen LogP contribution is -2.46. The van der Waals surface area contributed by atoms with E-state index in [2.05, 4.69) is 35.4 Å². The number of hydrogen-bond donors (Lipinski definition) is 1. The highest BCUT2D eigenvalue weighted by atomic mass is 32.2. The minimum atomic E-state index is 0.138. The first-order chi connectivity index (χ1) is 8.35. The normalized spacial score (nSPS) is 21.6. The zero-order valence-corrected chi connectivity index (χ0v) is 10.9. The van der Waals surface area contributed by atoms with Crippen molar-refractivity contribution in [1.29, 1.82) is 0 Å². The molecule has 4 heteroatoms. The second kappa shape index (κ2) is 6.40. The van der Waals surface area contributed by atoms with E-state index in [-0.39, 0.29) is 12.6 Å². The molecule has 2 rings (SSSR count). The summed E-state index contributed by atoms with van der Waals surface area (Å²) in [5.74, 6) is 0. The summed E-state index contributed by atoms with van der Waals surface area (Å²) in [6.45, 7) is 3.36. The summed E-state index contributed by atoms with van der Waals surface area (Å²) in [6.07, 6.45) is 2.10. The molecule has 1 aromatic rings. The Balaban J connectivity index is 2.08. The van der Waals surface area contributed by atoms with E-state index in [4.69, 9.17) is 4.74 Å². The van der Waals surface area contributed by atoms with Crippen LogP contribution in [-0.4, -0.2) is 48.7 Å². The number of hydrogen-bond acceptors (Lipinski definition) is 4. The number of aliphatic hydroxyl groups excluding tert-OH is 1. The van der Waals surface area contributed by atoms with Crippen LogP contribution in [0.2, 0.25) is 0 Å². The lowest BCUT2D eigenvalue weighted by Gasteiger charge is -2.34. The third-order valence-corrected chi connectivity index (χ3v) is 3.96. The van der Waals surface area contributed by atoms with Gasteiger partial charge in [-0.2, -0.15) is 0 Å². The molecule has 0 saturated carbocycles. The Morgan fingerprint density at radius 2 is 2.29 bits per heavy atom. The summed E-state index contributed by atoms with van der Waals surface area (Å²) >= 11 is 1.77. The molecule has 3 nitrogen and oxygen atoms in total. The summed E-state index contributed by atoms with van der Waals surface area (Å²) in [6, 6.07) is 8.59. The van der Waals surface area contributed by atoms with Crippen molar-refractivity contribution in [3.63, 3.8) is 0 Å². The van der Waals surface area contributed by atoms with Gasteiger partial charge in [-0.05, 0) is 17.9 Å². The molecule has 0 radical (unpaired) electrons. The molecule has 1 saturated heterocycles. The number of ether oxygens (including phenoxy) is 1. The van der Waals surface area contributed by atoms with Gasteiger partial charge in [0.2, 0.25) is 0 Å². The minimum Gasteiger partial charge on any atom is -0.395 e. The Morgan fingerprint density at radius 1 is 1.47 bits per heavy atom. The van der Waals surface area contributed by atoms with Gasteiger partial charge in [0, 0.05) is 18.0 Å². The fourth-order valence-corrected chi connectivity index (χ4v) is 2.73. The van der Waals surface area contributed by atoms with Crippen molar-refractivity contribution in [2.45, 2.75) is 17.5 Å². The monoisotopic (exact) mass is 253 g/mol. The van der Waals surface area contributed by atoms with Gasteiger partial charge in [-0.25, -0.2) is 0 Å². The Labute approximate surface area is 107 Å². The maximum Gasteiger partial charge on any atom is 0.0644 e. The Bertz CT molecular complexity index is 359. The van der Waals surface area contributed by atoms with Gasteiger partial charge in [0.1, 0.15) is 0 Å². The molecule has 1 heterocycles. The highest BCUT2D eigenvalue weighted by Crippen LogP contribution is 2.22. The standard InChI is InChI=1S/C13H19NO2S/c1-17-13-5-3-2-4-11(13)8-14-6-7-16-10-12(14)9-15/h2-5,12,15H,6-10H2,1H3. The van der Waals surface area contributed by atoms with E-state index in [1.165, 1.54) is 10.5 Å². The molecule has 1 aliphatic heterocycles. The molecule has 17 heavy (non-hydrogen) atoms. The fraction of sp³-hybridized carbons (Fsp3) is 0.538. The van der Waals surface area contributed by atoms with Gasteiger partial charge in [0.25, 0.3) is 0 Å². The summed E-state index contributed by atoms with van der Waals surface area (Å²) in [5, 5.41) is 9.34. The highest BCUT2D eigenvalue weighted by molar-refractivity contribution is 7.98. The first-order valence-corrected chi connectivity index (χ1v) is 7.12. The Hall–Kier alpha value is -0.550. The molecule has 0 aromatic heterocycles. The van der Waals surface area contributed by atoms with Crippen LogP contribution < -0.4 is 0 Å². The molecule has 1 atom stereocenters. The first kappa shape index (κ1) is 12.9. The van der Waals surface area contributed by atoms with E-state index >= 15 is 0 Å². The fourth-order valence-electron chi connectivity index (χ4n) is 2.12. The number of aliphatic hydroxyl groups is 1. The lowest BCUT2D eigenvalue weighted by atomic mass is 10.1. The molecule has 94 valence electrons. The van der Waals surface area contributed by atoms with Crippen LogP contribution in [0.15, 0.2) is 29.2 Å². The average Bonchev–Trinajstić information content (AvgIpc) is 2.40. The van der Waals surface area contributed by atoms with Gasteiger partial charge in [0.05, 0.1) is 25.9 Å². The van der Waals surface area contributed by atoms with Crippen LogP contribution in [0, 0.1) is 0 Å². The smallest absolute Gasteiger partial charge is 0.0644 e. The van der Waals surface area contributed by atoms with Crippen molar-refractivity contribution in [2.24, 2.45) is 0 Å². The second-order valence-corrected chi connectivity index (χ2v) is 5.04. The topological polar surface area (TPSA) is 32.7 Å². The Morgan fingerprint density at radius 3 is 3.06 bits per heavy atom. The molecule has 1 aliphatic rings. The van der Waals surface area contributed by atoms with Crippen LogP contribution >= 0.6 is 11.8 Å². The van der Waals surface area contributed by atoms with Gasteiger partial charge in [0.15, 0.2) is 0 Å². The zero-order chi connectivity index (χ0) is 12.1. The number of rotatable bonds is 4. The molecule has 0 amide bonds. The molecule has 1 fully saturated rings. The molecule has 1 aromatic carbocycles. The van der Waals surface area contributed by atoms with Crippen LogP contribution in [0.4, 0.5) is 0 Å². The summed E-state index contributed by atoms with van der Waals surface area (Å²) in [4.78, 5) is 3.62. The van der Waals surface area contributed by atoms with Gasteiger partial charge < -0.3 is 9.84 Å². The first-order valence-electron chi connectivity index (χ1n) is 5.89. The second-order valence-electron chi connectivity index (χ2n) is 4.19. The molecule has 0 bridgehead atoms. The van der Waals surface area contributed by atoms with E-state index in [0.717, 1.165) is 19.7 Å². The minimum absolute atomic E-state index is 0.138. The van der Waals surface area contributed by atoms with Gasteiger partial charge in [-0.1, -0.05) is 18.2 Å². The van der Waals surface area contributed by atoms with Crippen molar-refractivity contribution >= 4 is 11.8 Å². The van der Waals surface area contributed by atoms with Crippen molar-refractivity contribution in [3.05, 3.63) is 29.8 Å². The summed E-state index contributed by atoms with van der Waals surface area (Å²) in [5.41, 5.74) is 1.33. The largest absolute Gasteiger partial charge is 0.395 e. The van der Waals surface area contributed by atoms with E-state index in [1.807, 2.05) is 0 Å². The maximum atomic E-state index is 9.34. The number of nitrogens with zero attached hydrogens (tertiary/aromatic N) is 1. The highest BCUT2D eigenvalue weighted by Gasteiger charge is 2.22. The lowest BCUT2D eigenvalue weighted by molar-refractivity contribution is -0.0315. The van der Waals surface area contributed by atoms with E-state index in [9.17, 15) is 5.11 Å². The van der Waals surface area contributed by atoms with Crippen molar-refractivity contribution in [2.75, 3.05) is 32.6 Å². The van der Waals surface area contributed by atoms with Gasteiger partial charge >= 0.3 is 0 Å². The van der Waals surface area contributed by atoms with E-state index in [0.29, 0.717) is 6.61 Å². The summed E-state index contributed by atoms with van der Waals surface area (Å²) in [7, 11) is 0. The third-order valence-electron chi connectivity index (χ3n) is 3.13. The van der Waals surface area contributed by atoms with Crippen molar-refractivity contribution < 1.29 is 9.84 Å². The Kier molecular flexibility index (Phi) is 4.86. The van der Waals surface area contributed by atoms with E-state index in [1.54, 1.807) is 11.8 Å². The van der Waals surface area contributed by atoms with Crippen LogP contribution in [0.3, 0.4) is 0 Å².